The van der Waals surface area contributed by atoms with Gasteiger partial charge in [-0.3, -0.25) is 4.79 Å². The molecule has 0 saturated carbocycles. The van der Waals surface area contributed by atoms with Gasteiger partial charge in [0.25, 0.3) is 0 Å². The van der Waals surface area contributed by atoms with Crippen molar-refractivity contribution in [3.8, 4) is 0 Å². The van der Waals surface area contributed by atoms with Crippen LogP contribution in [-0.2, 0) is 14.3 Å². The Morgan fingerprint density at radius 1 is 1.38 bits per heavy atom. The summed E-state index contributed by atoms with van der Waals surface area (Å²) in [5.41, 5.74) is 0. The molecule has 0 aromatic rings. The summed E-state index contributed by atoms with van der Waals surface area (Å²) in [6, 6.07) is -0.385. The maximum Gasteiger partial charge on any atom is 0.330 e. The number of hydrogen-bond acceptors (Lipinski definition) is 4. The molecule has 0 aromatic carbocycles. The topological polar surface area (TPSA) is 55.4 Å². The van der Waals surface area contributed by atoms with E-state index < -0.39 is 11.9 Å². The minimum atomic E-state index is -0.561. The van der Waals surface area contributed by atoms with Gasteiger partial charge in [0.2, 0.25) is 0 Å². The highest BCUT2D eigenvalue weighted by molar-refractivity contribution is 5.87. The third kappa shape index (κ3) is 5.36. The number of likely N-dealkylation sites (N-methyl/N-ethyl adjacent to an activating group) is 1. The summed E-state index contributed by atoms with van der Waals surface area (Å²) >= 11 is 0. The molecule has 4 nitrogen and oxygen atoms in total. The average molecular weight is 187 g/mol. The summed E-state index contributed by atoms with van der Waals surface area (Å²) < 4.78 is 4.46. The second-order valence-corrected chi connectivity index (χ2v) is 3.38. The first-order chi connectivity index (χ1) is 5.97. The van der Waals surface area contributed by atoms with E-state index in [4.69, 9.17) is 0 Å². The first-order valence-electron chi connectivity index (χ1n) is 4.37. The van der Waals surface area contributed by atoms with Crippen molar-refractivity contribution in [2.75, 3.05) is 7.05 Å². The highest BCUT2D eigenvalue weighted by atomic mass is 16.6. The molecule has 0 bridgehead atoms. The van der Waals surface area contributed by atoms with Crippen molar-refractivity contribution in [3.05, 3.63) is 0 Å². The molecule has 0 fully saturated rings. The molecule has 13 heavy (non-hydrogen) atoms. The molecule has 0 aliphatic carbocycles. The van der Waals surface area contributed by atoms with E-state index in [0.29, 0.717) is 12.3 Å². The van der Waals surface area contributed by atoms with Crippen LogP contribution in [0.25, 0.3) is 0 Å². The lowest BCUT2D eigenvalue weighted by Crippen LogP contribution is -2.37. The fourth-order valence-corrected chi connectivity index (χ4v) is 1.02. The minimum absolute atomic E-state index is 0.385. The van der Waals surface area contributed by atoms with Crippen LogP contribution in [0.1, 0.15) is 27.2 Å². The Bertz CT molecular complexity index is 189. The Kier molecular flexibility index (Phi) is 5.30. The van der Waals surface area contributed by atoms with Crippen LogP contribution in [0.15, 0.2) is 0 Å². The molecule has 0 heterocycles. The molecule has 0 spiro atoms. The predicted octanol–water partition coefficient (Wildman–Crippen LogP) is 0.710. The third-order valence-electron chi connectivity index (χ3n) is 1.58. The lowest BCUT2D eigenvalue weighted by atomic mass is 10.0. The molecular formula is C9H17NO3. The van der Waals surface area contributed by atoms with E-state index in [1.807, 2.05) is 13.8 Å². The third-order valence-corrected chi connectivity index (χ3v) is 1.58. The van der Waals surface area contributed by atoms with Crippen molar-refractivity contribution < 1.29 is 14.3 Å². The first-order valence-corrected chi connectivity index (χ1v) is 4.37. The summed E-state index contributed by atoms with van der Waals surface area (Å²) in [5, 5.41) is 2.81. The second kappa shape index (κ2) is 5.70. The number of nitrogens with one attached hydrogen (secondary N) is 1. The van der Waals surface area contributed by atoms with E-state index in [1.54, 1.807) is 7.05 Å². The zero-order chi connectivity index (χ0) is 10.4. The smallest absolute Gasteiger partial charge is 0.330 e. The fraction of sp³-hybridized carbons (Fsp3) is 0.778. The summed E-state index contributed by atoms with van der Waals surface area (Å²) in [4.78, 5) is 21.7. The largest absolute Gasteiger partial charge is 0.392 e. The van der Waals surface area contributed by atoms with Crippen LogP contribution in [0, 0.1) is 5.92 Å². The lowest BCUT2D eigenvalue weighted by Gasteiger charge is -2.15. The van der Waals surface area contributed by atoms with Gasteiger partial charge in [-0.1, -0.05) is 13.8 Å². The van der Waals surface area contributed by atoms with E-state index in [-0.39, 0.29) is 6.04 Å². The fourth-order valence-electron chi connectivity index (χ4n) is 1.02. The van der Waals surface area contributed by atoms with Crippen molar-refractivity contribution in [1.29, 1.82) is 0 Å². The molecule has 0 radical (unpaired) electrons. The van der Waals surface area contributed by atoms with Gasteiger partial charge in [-0.2, -0.15) is 0 Å². The Balaban J connectivity index is 4.07. The Labute approximate surface area is 78.6 Å². The maximum atomic E-state index is 11.2. The number of rotatable bonds is 4. The zero-order valence-electron chi connectivity index (χ0n) is 8.59. The van der Waals surface area contributed by atoms with Gasteiger partial charge >= 0.3 is 11.9 Å². The van der Waals surface area contributed by atoms with Gasteiger partial charge in [0, 0.05) is 6.92 Å². The van der Waals surface area contributed by atoms with Gasteiger partial charge in [0.1, 0.15) is 6.04 Å². The Morgan fingerprint density at radius 2 is 1.92 bits per heavy atom. The number of carbonyl (C=O) groups is 2. The molecule has 0 aromatic heterocycles. The SMILES string of the molecule is CN[C@@H](CC(C)C)C(=O)OC(C)=O. The molecule has 0 aliphatic rings. The molecular weight excluding hydrogens is 170 g/mol. The van der Waals surface area contributed by atoms with Crippen molar-refractivity contribution in [3.63, 3.8) is 0 Å². The Morgan fingerprint density at radius 3 is 2.23 bits per heavy atom. The molecule has 4 heteroatoms. The van der Waals surface area contributed by atoms with Crippen molar-refractivity contribution in [1.82, 2.24) is 5.32 Å². The van der Waals surface area contributed by atoms with Crippen LogP contribution in [0.4, 0.5) is 0 Å². The van der Waals surface area contributed by atoms with Gasteiger partial charge in [-0.15, -0.1) is 0 Å². The number of hydrogen-bond donors (Lipinski definition) is 1. The van der Waals surface area contributed by atoms with Gasteiger partial charge in [-0.05, 0) is 19.4 Å². The van der Waals surface area contributed by atoms with E-state index >= 15 is 0 Å². The van der Waals surface area contributed by atoms with Crippen LogP contribution < -0.4 is 5.32 Å². The number of ether oxygens (including phenoxy) is 1. The average Bonchev–Trinajstić information content (AvgIpc) is 1.98. The maximum absolute atomic E-state index is 11.2. The van der Waals surface area contributed by atoms with Crippen LogP contribution in [-0.4, -0.2) is 25.0 Å². The van der Waals surface area contributed by atoms with E-state index in [0.717, 1.165) is 0 Å². The summed E-state index contributed by atoms with van der Waals surface area (Å²) in [7, 11) is 1.68. The van der Waals surface area contributed by atoms with E-state index in [2.05, 4.69) is 10.1 Å². The lowest BCUT2D eigenvalue weighted by molar-refractivity contribution is -0.159. The highest BCUT2D eigenvalue weighted by Crippen LogP contribution is 2.05. The molecule has 0 rings (SSSR count). The Hall–Kier alpha value is -0.900. The standard InChI is InChI=1S/C9H17NO3/c1-6(2)5-8(10-4)9(12)13-7(3)11/h6,8,10H,5H2,1-4H3/t8-/m0/s1. The summed E-state index contributed by atoms with van der Waals surface area (Å²) in [5.74, 6) is -0.672. The quantitative estimate of drug-likeness (QED) is 0.520. The molecule has 0 amide bonds. The zero-order valence-corrected chi connectivity index (χ0v) is 8.59. The predicted molar refractivity (Wildman–Crippen MR) is 49.1 cm³/mol. The van der Waals surface area contributed by atoms with Crippen LogP contribution in [0.5, 0.6) is 0 Å². The molecule has 0 unspecified atom stereocenters. The number of carbonyl (C=O) groups excluding carboxylic acids is 2. The molecule has 0 aliphatic heterocycles. The van der Waals surface area contributed by atoms with Crippen molar-refractivity contribution >= 4 is 11.9 Å². The second-order valence-electron chi connectivity index (χ2n) is 3.38. The molecule has 0 saturated heterocycles. The minimum Gasteiger partial charge on any atom is -0.392 e. The van der Waals surface area contributed by atoms with Gasteiger partial charge in [0.05, 0.1) is 0 Å². The normalized spacial score (nSPS) is 12.7. The molecule has 76 valence electrons. The molecule has 1 N–H and O–H groups in total. The van der Waals surface area contributed by atoms with Gasteiger partial charge in [0.15, 0.2) is 0 Å². The monoisotopic (exact) mass is 187 g/mol. The van der Waals surface area contributed by atoms with E-state index in [9.17, 15) is 9.59 Å². The van der Waals surface area contributed by atoms with Gasteiger partial charge < -0.3 is 10.1 Å². The highest BCUT2D eigenvalue weighted by Gasteiger charge is 2.20. The van der Waals surface area contributed by atoms with Crippen molar-refractivity contribution in [2.45, 2.75) is 33.2 Å². The number of esters is 2. The molecule has 1 atom stereocenters. The van der Waals surface area contributed by atoms with Gasteiger partial charge in [-0.25, -0.2) is 4.79 Å². The van der Waals surface area contributed by atoms with Crippen LogP contribution in [0.3, 0.4) is 0 Å². The summed E-state index contributed by atoms with van der Waals surface area (Å²) in [6.07, 6.45) is 0.669. The summed E-state index contributed by atoms with van der Waals surface area (Å²) in [6.45, 7) is 5.23. The van der Waals surface area contributed by atoms with Crippen molar-refractivity contribution in [2.24, 2.45) is 5.92 Å². The van der Waals surface area contributed by atoms with Crippen LogP contribution in [0.2, 0.25) is 0 Å². The first kappa shape index (κ1) is 12.1. The van der Waals surface area contributed by atoms with Crippen LogP contribution >= 0.6 is 0 Å². The van der Waals surface area contributed by atoms with E-state index in [1.165, 1.54) is 6.92 Å².